The number of aromatic nitrogens is 1. The number of nitrogens with one attached hydrogen (secondary N) is 1. The SMILES string of the molecule is CCCNCc1nc(-c2ccc(OC(F)(F)F)cc2)cs1. The van der Waals surface area contributed by atoms with Crippen LogP contribution in [0.3, 0.4) is 0 Å². The number of rotatable bonds is 6. The van der Waals surface area contributed by atoms with E-state index in [9.17, 15) is 13.2 Å². The summed E-state index contributed by atoms with van der Waals surface area (Å²) in [5.74, 6) is -0.230. The zero-order valence-electron chi connectivity index (χ0n) is 11.4. The maximum Gasteiger partial charge on any atom is 0.573 e. The molecule has 0 aliphatic heterocycles. The molecule has 0 atom stereocenters. The van der Waals surface area contributed by atoms with E-state index in [0.29, 0.717) is 6.54 Å². The van der Waals surface area contributed by atoms with Crippen LogP contribution in [0.2, 0.25) is 0 Å². The summed E-state index contributed by atoms with van der Waals surface area (Å²) in [6.45, 7) is 3.72. The van der Waals surface area contributed by atoms with Gasteiger partial charge in [-0.3, -0.25) is 0 Å². The van der Waals surface area contributed by atoms with Crippen molar-refractivity contribution in [2.75, 3.05) is 6.54 Å². The summed E-state index contributed by atoms with van der Waals surface area (Å²) in [5, 5.41) is 6.10. The van der Waals surface area contributed by atoms with Crippen molar-refractivity contribution in [2.24, 2.45) is 0 Å². The van der Waals surface area contributed by atoms with Crippen LogP contribution in [0.15, 0.2) is 29.6 Å². The molecule has 7 heteroatoms. The number of nitrogens with zero attached hydrogens (tertiary/aromatic N) is 1. The number of hydrogen-bond donors (Lipinski definition) is 1. The Morgan fingerprint density at radius 2 is 1.95 bits per heavy atom. The van der Waals surface area contributed by atoms with Gasteiger partial charge in [0.05, 0.1) is 5.69 Å². The minimum absolute atomic E-state index is 0.230. The van der Waals surface area contributed by atoms with Crippen molar-refractivity contribution in [3.05, 3.63) is 34.7 Å². The van der Waals surface area contributed by atoms with E-state index in [1.807, 2.05) is 5.38 Å². The fourth-order valence-electron chi connectivity index (χ4n) is 1.72. The average Bonchev–Trinajstić information content (AvgIpc) is 2.87. The molecule has 0 saturated heterocycles. The van der Waals surface area contributed by atoms with Gasteiger partial charge in [-0.05, 0) is 37.2 Å². The van der Waals surface area contributed by atoms with E-state index in [2.05, 4.69) is 22.0 Å². The van der Waals surface area contributed by atoms with Gasteiger partial charge in [0.2, 0.25) is 0 Å². The molecule has 1 aromatic carbocycles. The highest BCUT2D eigenvalue weighted by Crippen LogP contribution is 2.27. The lowest BCUT2D eigenvalue weighted by molar-refractivity contribution is -0.274. The normalized spacial score (nSPS) is 11.6. The second-order valence-corrected chi connectivity index (χ2v) is 5.32. The molecule has 3 nitrogen and oxygen atoms in total. The van der Waals surface area contributed by atoms with E-state index >= 15 is 0 Å². The first-order valence-electron chi connectivity index (χ1n) is 6.49. The van der Waals surface area contributed by atoms with Crippen molar-refractivity contribution in [3.8, 4) is 17.0 Å². The van der Waals surface area contributed by atoms with Gasteiger partial charge in [0.15, 0.2) is 0 Å². The summed E-state index contributed by atoms with van der Waals surface area (Å²) in [4.78, 5) is 4.45. The standard InChI is InChI=1S/C14H15F3N2OS/c1-2-7-18-8-13-19-12(9-21-13)10-3-5-11(6-4-10)20-14(15,16)17/h3-6,9,18H,2,7-8H2,1H3. The van der Waals surface area contributed by atoms with Gasteiger partial charge in [0, 0.05) is 17.5 Å². The Morgan fingerprint density at radius 3 is 2.57 bits per heavy atom. The lowest BCUT2D eigenvalue weighted by atomic mass is 10.2. The minimum atomic E-state index is -4.67. The van der Waals surface area contributed by atoms with Crippen molar-refractivity contribution < 1.29 is 17.9 Å². The van der Waals surface area contributed by atoms with E-state index in [-0.39, 0.29) is 5.75 Å². The molecule has 1 heterocycles. The average molecular weight is 316 g/mol. The molecule has 0 saturated carbocycles. The molecule has 0 aliphatic rings. The predicted octanol–water partition coefficient (Wildman–Crippen LogP) is 4.21. The van der Waals surface area contributed by atoms with Gasteiger partial charge in [-0.15, -0.1) is 24.5 Å². The highest BCUT2D eigenvalue weighted by Gasteiger charge is 2.30. The van der Waals surface area contributed by atoms with Gasteiger partial charge in [0.1, 0.15) is 10.8 Å². The van der Waals surface area contributed by atoms with Crippen LogP contribution in [-0.2, 0) is 6.54 Å². The largest absolute Gasteiger partial charge is 0.573 e. The second kappa shape index (κ2) is 6.91. The maximum absolute atomic E-state index is 12.1. The topological polar surface area (TPSA) is 34.2 Å². The Morgan fingerprint density at radius 1 is 1.24 bits per heavy atom. The van der Waals surface area contributed by atoms with Gasteiger partial charge in [-0.1, -0.05) is 6.92 Å². The van der Waals surface area contributed by atoms with Gasteiger partial charge in [0.25, 0.3) is 0 Å². The lowest BCUT2D eigenvalue weighted by Gasteiger charge is -2.08. The van der Waals surface area contributed by atoms with Crippen molar-refractivity contribution in [3.63, 3.8) is 0 Å². The van der Waals surface area contributed by atoms with Gasteiger partial charge >= 0.3 is 6.36 Å². The number of alkyl halides is 3. The highest BCUT2D eigenvalue weighted by molar-refractivity contribution is 7.09. The Hall–Kier alpha value is -1.60. The van der Waals surface area contributed by atoms with E-state index in [1.165, 1.54) is 23.5 Å². The van der Waals surface area contributed by atoms with E-state index < -0.39 is 6.36 Å². The fraction of sp³-hybridized carbons (Fsp3) is 0.357. The number of halogens is 3. The Bertz CT molecular complexity index is 566. The molecule has 0 unspecified atom stereocenters. The molecule has 1 aromatic heterocycles. The van der Waals surface area contributed by atoms with Crippen LogP contribution in [0.4, 0.5) is 13.2 Å². The molecule has 0 bridgehead atoms. The third-order valence-corrected chi connectivity index (χ3v) is 3.49. The quantitative estimate of drug-likeness (QED) is 0.811. The van der Waals surface area contributed by atoms with Crippen LogP contribution in [0.25, 0.3) is 11.3 Å². The predicted molar refractivity (Wildman–Crippen MR) is 76.2 cm³/mol. The molecule has 0 fully saturated rings. The fourth-order valence-corrected chi connectivity index (χ4v) is 2.50. The summed E-state index contributed by atoms with van der Waals surface area (Å²) in [6, 6.07) is 5.72. The Labute approximate surface area is 124 Å². The molecule has 0 amide bonds. The molecule has 0 spiro atoms. The molecule has 114 valence electrons. The third kappa shape index (κ3) is 5.02. The zero-order chi connectivity index (χ0) is 15.3. The maximum atomic E-state index is 12.1. The summed E-state index contributed by atoms with van der Waals surface area (Å²) in [6.07, 6.45) is -3.61. The van der Waals surface area contributed by atoms with Crippen molar-refractivity contribution in [2.45, 2.75) is 26.3 Å². The molecule has 2 rings (SSSR count). The number of benzene rings is 1. The van der Waals surface area contributed by atoms with Crippen LogP contribution in [-0.4, -0.2) is 17.9 Å². The summed E-state index contributed by atoms with van der Waals surface area (Å²) in [5.41, 5.74) is 1.52. The first kappa shape index (κ1) is 15.8. The van der Waals surface area contributed by atoms with Crippen LogP contribution < -0.4 is 10.1 Å². The van der Waals surface area contributed by atoms with Crippen LogP contribution >= 0.6 is 11.3 Å². The van der Waals surface area contributed by atoms with E-state index in [0.717, 1.165) is 29.2 Å². The van der Waals surface area contributed by atoms with Crippen molar-refractivity contribution in [1.82, 2.24) is 10.3 Å². The molecular weight excluding hydrogens is 301 g/mol. The van der Waals surface area contributed by atoms with Crippen LogP contribution in [0.1, 0.15) is 18.4 Å². The van der Waals surface area contributed by atoms with Crippen LogP contribution in [0, 0.1) is 0 Å². The molecule has 2 aromatic rings. The summed E-state index contributed by atoms with van der Waals surface area (Å²) >= 11 is 1.52. The first-order chi connectivity index (χ1) is 9.98. The molecule has 1 N–H and O–H groups in total. The number of hydrogen-bond acceptors (Lipinski definition) is 4. The van der Waals surface area contributed by atoms with Crippen molar-refractivity contribution in [1.29, 1.82) is 0 Å². The lowest BCUT2D eigenvalue weighted by Crippen LogP contribution is -2.16. The Balaban J connectivity index is 2.02. The van der Waals surface area contributed by atoms with Crippen LogP contribution in [0.5, 0.6) is 5.75 Å². The monoisotopic (exact) mass is 316 g/mol. The smallest absolute Gasteiger partial charge is 0.406 e. The third-order valence-electron chi connectivity index (χ3n) is 2.64. The minimum Gasteiger partial charge on any atom is -0.406 e. The summed E-state index contributed by atoms with van der Waals surface area (Å²) in [7, 11) is 0. The second-order valence-electron chi connectivity index (χ2n) is 4.38. The Kier molecular flexibility index (Phi) is 5.19. The molecule has 0 aliphatic carbocycles. The molecule has 0 radical (unpaired) electrons. The van der Waals surface area contributed by atoms with Gasteiger partial charge in [-0.25, -0.2) is 4.98 Å². The zero-order valence-corrected chi connectivity index (χ0v) is 12.2. The summed E-state index contributed by atoms with van der Waals surface area (Å²) < 4.78 is 40.1. The molecular formula is C14H15F3N2OS. The molecule has 21 heavy (non-hydrogen) atoms. The van der Waals surface area contributed by atoms with E-state index in [4.69, 9.17) is 0 Å². The number of thiazole rings is 1. The number of ether oxygens (including phenoxy) is 1. The highest BCUT2D eigenvalue weighted by atomic mass is 32.1. The first-order valence-corrected chi connectivity index (χ1v) is 7.37. The van der Waals surface area contributed by atoms with Crippen molar-refractivity contribution >= 4 is 11.3 Å². The van der Waals surface area contributed by atoms with Gasteiger partial charge in [-0.2, -0.15) is 0 Å². The van der Waals surface area contributed by atoms with Gasteiger partial charge < -0.3 is 10.1 Å². The van der Waals surface area contributed by atoms with E-state index in [1.54, 1.807) is 12.1 Å².